The maximum absolute atomic E-state index is 12.8. The second-order valence-electron chi connectivity index (χ2n) is 9.07. The summed E-state index contributed by atoms with van der Waals surface area (Å²) < 4.78 is 0. The van der Waals surface area contributed by atoms with Crippen molar-refractivity contribution >= 4 is 29.1 Å². The molecule has 35 heavy (non-hydrogen) atoms. The molecule has 3 aromatic rings. The summed E-state index contributed by atoms with van der Waals surface area (Å²) in [6.07, 6.45) is 10.7. The lowest BCUT2D eigenvalue weighted by molar-refractivity contribution is 0.0913. The highest BCUT2D eigenvalue weighted by molar-refractivity contribution is 5.96. The van der Waals surface area contributed by atoms with E-state index < -0.39 is 5.91 Å². The number of aromatic amines is 1. The van der Waals surface area contributed by atoms with Gasteiger partial charge in [-0.25, -0.2) is 19.9 Å². The second kappa shape index (κ2) is 9.28. The highest BCUT2D eigenvalue weighted by Crippen LogP contribution is 2.39. The molecule has 12 heteroatoms. The molecule has 0 radical (unpaired) electrons. The van der Waals surface area contributed by atoms with Crippen LogP contribution in [-0.4, -0.2) is 60.6 Å². The SMILES string of the molecule is Cc1n[nH]cc1Nc1nc(N2CCC[C@@H](NC(=O)c3ncc(C4CC4)cn3)[C@H]2C)cnc1C(N)=O. The van der Waals surface area contributed by atoms with Crippen LogP contribution in [0.4, 0.5) is 17.3 Å². The summed E-state index contributed by atoms with van der Waals surface area (Å²) >= 11 is 0. The molecular formula is C23H28N10O2. The number of carbonyl (C=O) groups is 2. The van der Waals surface area contributed by atoms with Crippen LogP contribution in [0.15, 0.2) is 24.8 Å². The van der Waals surface area contributed by atoms with E-state index in [-0.39, 0.29) is 35.3 Å². The van der Waals surface area contributed by atoms with Crippen LogP contribution in [0, 0.1) is 6.92 Å². The number of anilines is 3. The first-order chi connectivity index (χ1) is 16.9. The minimum absolute atomic E-state index is 0.0376. The van der Waals surface area contributed by atoms with Crippen molar-refractivity contribution in [1.29, 1.82) is 0 Å². The van der Waals surface area contributed by atoms with Crippen LogP contribution >= 0.6 is 0 Å². The summed E-state index contributed by atoms with van der Waals surface area (Å²) in [7, 11) is 0. The van der Waals surface area contributed by atoms with Gasteiger partial charge in [-0.15, -0.1) is 0 Å². The number of rotatable bonds is 7. The number of nitrogens with two attached hydrogens (primary N) is 1. The number of hydrogen-bond donors (Lipinski definition) is 4. The van der Waals surface area contributed by atoms with Crippen molar-refractivity contribution in [2.45, 2.75) is 57.5 Å². The molecule has 1 aliphatic heterocycles. The molecule has 4 heterocycles. The highest BCUT2D eigenvalue weighted by atomic mass is 16.2. The smallest absolute Gasteiger partial charge is 0.289 e. The Bertz CT molecular complexity index is 1240. The van der Waals surface area contributed by atoms with Gasteiger partial charge >= 0.3 is 0 Å². The Morgan fingerprint density at radius 1 is 1.14 bits per heavy atom. The summed E-state index contributed by atoms with van der Waals surface area (Å²) in [6.45, 7) is 4.58. The van der Waals surface area contributed by atoms with Gasteiger partial charge in [0.15, 0.2) is 11.5 Å². The molecule has 2 aliphatic rings. The average molecular weight is 477 g/mol. The van der Waals surface area contributed by atoms with E-state index in [2.05, 4.69) is 45.7 Å². The number of hydrogen-bond acceptors (Lipinski definition) is 9. The number of aryl methyl sites for hydroxylation is 1. The number of nitrogens with zero attached hydrogens (tertiary/aromatic N) is 6. The van der Waals surface area contributed by atoms with Gasteiger partial charge in [-0.05, 0) is 51.0 Å². The van der Waals surface area contributed by atoms with Gasteiger partial charge < -0.3 is 21.3 Å². The quantitative estimate of drug-likeness (QED) is 0.397. The Hall–Kier alpha value is -4.09. The Balaban J connectivity index is 1.33. The topological polar surface area (TPSA) is 168 Å². The van der Waals surface area contributed by atoms with Crippen molar-refractivity contribution in [3.63, 3.8) is 0 Å². The Kier molecular flexibility index (Phi) is 6.01. The summed E-state index contributed by atoms with van der Waals surface area (Å²) in [6, 6.07) is -0.205. The van der Waals surface area contributed by atoms with Gasteiger partial charge in [0.1, 0.15) is 5.82 Å². The molecule has 182 valence electrons. The molecule has 2 amide bonds. The maximum atomic E-state index is 12.8. The highest BCUT2D eigenvalue weighted by Gasteiger charge is 2.32. The third-order valence-electron chi connectivity index (χ3n) is 6.60. The van der Waals surface area contributed by atoms with Crippen molar-refractivity contribution in [3.05, 3.63) is 47.6 Å². The van der Waals surface area contributed by atoms with Crippen molar-refractivity contribution in [1.82, 2.24) is 35.5 Å². The monoisotopic (exact) mass is 476 g/mol. The Morgan fingerprint density at radius 2 is 1.91 bits per heavy atom. The van der Waals surface area contributed by atoms with E-state index in [4.69, 9.17) is 5.73 Å². The fourth-order valence-corrected chi connectivity index (χ4v) is 4.37. The lowest BCUT2D eigenvalue weighted by Crippen LogP contribution is -2.54. The Morgan fingerprint density at radius 3 is 2.57 bits per heavy atom. The average Bonchev–Trinajstić information content (AvgIpc) is 3.63. The fourth-order valence-electron chi connectivity index (χ4n) is 4.37. The normalized spacial score (nSPS) is 19.9. The third kappa shape index (κ3) is 4.77. The largest absolute Gasteiger partial charge is 0.364 e. The number of nitrogens with one attached hydrogen (secondary N) is 3. The third-order valence-corrected chi connectivity index (χ3v) is 6.60. The van der Waals surface area contributed by atoms with Gasteiger partial charge in [0.2, 0.25) is 5.82 Å². The second-order valence-corrected chi connectivity index (χ2v) is 9.07. The number of amides is 2. The zero-order valence-corrected chi connectivity index (χ0v) is 19.7. The predicted octanol–water partition coefficient (Wildman–Crippen LogP) is 1.81. The molecule has 0 bridgehead atoms. The maximum Gasteiger partial charge on any atom is 0.289 e. The molecule has 12 nitrogen and oxygen atoms in total. The van der Waals surface area contributed by atoms with Gasteiger partial charge in [0, 0.05) is 37.2 Å². The molecule has 5 N–H and O–H groups in total. The van der Waals surface area contributed by atoms with Crippen molar-refractivity contribution in [3.8, 4) is 0 Å². The van der Waals surface area contributed by atoms with Crippen LogP contribution in [0.25, 0.3) is 0 Å². The van der Waals surface area contributed by atoms with E-state index in [1.807, 2.05) is 13.8 Å². The van der Waals surface area contributed by atoms with Crippen molar-refractivity contribution < 1.29 is 9.59 Å². The standard InChI is InChI=1S/C23H28N10O2/c1-12-17(10-28-32-12)29-21-19(20(24)34)25-11-18(31-21)33-7-3-4-16(13(33)2)30-23(35)22-26-8-15(9-27-22)14-5-6-14/h8-11,13-14,16H,3-7H2,1-2H3,(H2,24,34)(H,28,32)(H,29,31)(H,30,35)/t13-,16-/m1/s1. The minimum Gasteiger partial charge on any atom is -0.364 e. The number of carbonyl (C=O) groups excluding carboxylic acids is 2. The molecule has 2 fully saturated rings. The van der Waals surface area contributed by atoms with E-state index in [1.165, 1.54) is 6.20 Å². The first kappa shape index (κ1) is 22.7. The predicted molar refractivity (Wildman–Crippen MR) is 128 cm³/mol. The van der Waals surface area contributed by atoms with Gasteiger partial charge in [-0.3, -0.25) is 14.7 Å². The van der Waals surface area contributed by atoms with E-state index in [0.717, 1.165) is 37.8 Å². The molecule has 1 aliphatic carbocycles. The molecule has 3 aromatic heterocycles. The molecule has 2 atom stereocenters. The molecule has 1 saturated heterocycles. The zero-order valence-electron chi connectivity index (χ0n) is 19.7. The number of aromatic nitrogens is 6. The lowest BCUT2D eigenvalue weighted by Gasteiger charge is -2.40. The first-order valence-electron chi connectivity index (χ1n) is 11.7. The van der Waals surface area contributed by atoms with Crippen LogP contribution in [0.5, 0.6) is 0 Å². The lowest BCUT2D eigenvalue weighted by atomic mass is 9.97. The molecule has 5 rings (SSSR count). The van der Waals surface area contributed by atoms with Gasteiger partial charge in [-0.1, -0.05) is 0 Å². The van der Waals surface area contributed by atoms with Crippen LogP contribution in [-0.2, 0) is 0 Å². The van der Waals surface area contributed by atoms with E-state index in [9.17, 15) is 9.59 Å². The van der Waals surface area contributed by atoms with E-state index in [1.54, 1.807) is 18.6 Å². The van der Waals surface area contributed by atoms with Crippen LogP contribution < -0.4 is 21.3 Å². The van der Waals surface area contributed by atoms with Crippen LogP contribution in [0.2, 0.25) is 0 Å². The van der Waals surface area contributed by atoms with Crippen LogP contribution in [0.1, 0.15) is 70.9 Å². The molecule has 0 aromatic carbocycles. The Labute approximate surface area is 202 Å². The minimum atomic E-state index is -0.683. The molecular weight excluding hydrogens is 448 g/mol. The molecule has 0 unspecified atom stereocenters. The number of H-pyrrole nitrogens is 1. The summed E-state index contributed by atoms with van der Waals surface area (Å²) in [4.78, 5) is 44.3. The van der Waals surface area contributed by atoms with Gasteiger partial charge in [0.25, 0.3) is 11.8 Å². The zero-order chi connectivity index (χ0) is 24.5. The van der Waals surface area contributed by atoms with Gasteiger partial charge in [0.05, 0.1) is 17.6 Å². The number of piperidine rings is 1. The van der Waals surface area contributed by atoms with Crippen molar-refractivity contribution in [2.75, 3.05) is 16.8 Å². The fraction of sp³-hybridized carbons (Fsp3) is 0.435. The van der Waals surface area contributed by atoms with Crippen molar-refractivity contribution in [2.24, 2.45) is 5.73 Å². The first-order valence-corrected chi connectivity index (χ1v) is 11.7. The number of primary amides is 1. The van der Waals surface area contributed by atoms with E-state index in [0.29, 0.717) is 23.1 Å². The summed E-state index contributed by atoms with van der Waals surface area (Å²) in [5.41, 5.74) is 8.03. The molecule has 0 spiro atoms. The summed E-state index contributed by atoms with van der Waals surface area (Å²) in [5.74, 6) is 0.567. The van der Waals surface area contributed by atoms with E-state index >= 15 is 0 Å². The van der Waals surface area contributed by atoms with Gasteiger partial charge in [-0.2, -0.15) is 5.10 Å². The van der Waals surface area contributed by atoms with Crippen LogP contribution in [0.3, 0.4) is 0 Å². The summed E-state index contributed by atoms with van der Waals surface area (Å²) in [5, 5.41) is 13.0. The molecule has 1 saturated carbocycles.